The molecular formula is C11H21BrCl2N2O2. The maximum absolute atomic E-state index is 11.3. The molecule has 108 valence electrons. The molecule has 0 spiro atoms. The van der Waals surface area contributed by atoms with Crippen LogP contribution in [0, 0.1) is 0 Å². The van der Waals surface area contributed by atoms with Crippen LogP contribution in [0.1, 0.15) is 39.5 Å². The molecule has 0 rings (SSSR count). The van der Waals surface area contributed by atoms with Gasteiger partial charge in [-0.15, -0.1) is 23.2 Å². The molecule has 0 radical (unpaired) electrons. The summed E-state index contributed by atoms with van der Waals surface area (Å²) in [6, 6.07) is -0.814. The zero-order valence-electron chi connectivity index (χ0n) is 10.8. The second-order valence-electron chi connectivity index (χ2n) is 3.58. The average Bonchev–Trinajstić information content (AvgIpc) is 2.35. The van der Waals surface area contributed by atoms with E-state index in [0.717, 1.165) is 24.6 Å². The molecule has 7 heteroatoms. The van der Waals surface area contributed by atoms with Gasteiger partial charge in [0.25, 0.3) is 0 Å². The van der Waals surface area contributed by atoms with E-state index in [1.807, 2.05) is 19.2 Å². The molecule has 0 saturated carbocycles. The Morgan fingerprint density at radius 1 is 1.17 bits per heavy atom. The van der Waals surface area contributed by atoms with Gasteiger partial charge < -0.3 is 5.73 Å². The van der Waals surface area contributed by atoms with Gasteiger partial charge in [0.1, 0.15) is 4.32 Å². The van der Waals surface area contributed by atoms with Gasteiger partial charge in [-0.25, -0.2) is 4.79 Å². The number of carbonyl (C=O) groups excluding carboxylic acids is 2. The lowest BCUT2D eigenvalue weighted by Gasteiger charge is -2.21. The van der Waals surface area contributed by atoms with Gasteiger partial charge in [0.05, 0.1) is 0 Å². The smallest absolute Gasteiger partial charge is 0.318 e. The Morgan fingerprint density at radius 3 is 1.78 bits per heavy atom. The van der Waals surface area contributed by atoms with E-state index >= 15 is 0 Å². The molecular weight excluding hydrogens is 343 g/mol. The van der Waals surface area contributed by atoms with Crippen LogP contribution in [-0.2, 0) is 4.79 Å². The number of nitrogens with two attached hydrogens (primary N) is 1. The fourth-order valence-corrected chi connectivity index (χ4v) is 1.46. The molecule has 0 heterocycles. The monoisotopic (exact) mass is 362 g/mol. The van der Waals surface area contributed by atoms with Crippen LogP contribution in [0.2, 0.25) is 0 Å². The van der Waals surface area contributed by atoms with Crippen LogP contribution in [0.4, 0.5) is 4.79 Å². The van der Waals surface area contributed by atoms with Crippen molar-refractivity contribution in [3.63, 3.8) is 0 Å². The van der Waals surface area contributed by atoms with Crippen LogP contribution in [0.5, 0.6) is 0 Å². The largest absolute Gasteiger partial charge is 0.351 e. The fraction of sp³-hybridized carbons (Fsp3) is 0.818. The van der Waals surface area contributed by atoms with Gasteiger partial charge in [-0.1, -0.05) is 29.8 Å². The number of amides is 3. The predicted molar refractivity (Wildman–Crippen MR) is 80.6 cm³/mol. The van der Waals surface area contributed by atoms with E-state index in [2.05, 4.69) is 15.9 Å². The van der Waals surface area contributed by atoms with Crippen molar-refractivity contribution in [2.24, 2.45) is 5.73 Å². The lowest BCUT2D eigenvalue weighted by atomic mass is 10.0. The van der Waals surface area contributed by atoms with Gasteiger partial charge in [-0.3, -0.25) is 10.1 Å². The summed E-state index contributed by atoms with van der Waals surface area (Å²) in [6.45, 7) is 3.72. The maximum atomic E-state index is 11.3. The lowest BCUT2D eigenvalue weighted by Crippen LogP contribution is -2.46. The molecule has 0 aliphatic carbocycles. The molecule has 0 aromatic rings. The van der Waals surface area contributed by atoms with Crippen LogP contribution in [-0.4, -0.2) is 28.0 Å². The SMILES string of the molecule is CCC(Br)(CC)C(=O)NC(N)=O.ClCCCCCl. The van der Waals surface area contributed by atoms with Gasteiger partial charge in [0.15, 0.2) is 0 Å². The van der Waals surface area contributed by atoms with Crippen molar-refractivity contribution in [3.05, 3.63) is 0 Å². The summed E-state index contributed by atoms with van der Waals surface area (Å²) in [6.07, 6.45) is 3.32. The maximum Gasteiger partial charge on any atom is 0.318 e. The number of alkyl halides is 3. The fourth-order valence-electron chi connectivity index (χ4n) is 0.984. The third-order valence-corrected chi connectivity index (χ3v) is 4.30. The summed E-state index contributed by atoms with van der Waals surface area (Å²) < 4.78 is -0.665. The topological polar surface area (TPSA) is 72.2 Å². The Bertz CT molecular complexity index is 245. The Hall–Kier alpha value is -0.000000000000000111. The molecule has 18 heavy (non-hydrogen) atoms. The number of rotatable bonds is 6. The number of nitrogens with one attached hydrogen (secondary N) is 1. The lowest BCUT2D eigenvalue weighted by molar-refractivity contribution is -0.122. The number of carbonyl (C=O) groups is 2. The first-order chi connectivity index (χ1) is 8.37. The number of primary amides is 1. The van der Waals surface area contributed by atoms with Crippen LogP contribution in [0.25, 0.3) is 0 Å². The zero-order valence-corrected chi connectivity index (χ0v) is 13.9. The minimum absolute atomic E-state index is 0.375. The number of halogens is 3. The highest BCUT2D eigenvalue weighted by atomic mass is 79.9. The first-order valence-corrected chi connectivity index (χ1v) is 7.65. The standard InChI is InChI=1S/C7H13BrN2O2.C4H8Cl2/c1-3-7(8,4-2)5(11)10-6(9)12;5-3-1-2-4-6/h3-4H2,1-2H3,(H3,9,10,11,12);1-4H2. The molecule has 0 aliphatic heterocycles. The Balaban J connectivity index is 0. The first-order valence-electron chi connectivity index (χ1n) is 5.79. The second kappa shape index (κ2) is 12.1. The highest BCUT2D eigenvalue weighted by Crippen LogP contribution is 2.26. The van der Waals surface area contributed by atoms with E-state index in [4.69, 9.17) is 28.9 Å². The zero-order chi connectivity index (χ0) is 14.6. The van der Waals surface area contributed by atoms with Crippen LogP contribution < -0.4 is 11.1 Å². The van der Waals surface area contributed by atoms with Crippen molar-refractivity contribution in [2.45, 2.75) is 43.9 Å². The number of hydrogen-bond acceptors (Lipinski definition) is 2. The molecule has 4 nitrogen and oxygen atoms in total. The molecule has 3 amide bonds. The Labute approximate surface area is 127 Å². The molecule has 0 aliphatic rings. The van der Waals surface area contributed by atoms with Crippen molar-refractivity contribution in [1.29, 1.82) is 0 Å². The van der Waals surface area contributed by atoms with Crippen molar-refractivity contribution in [2.75, 3.05) is 11.8 Å². The van der Waals surface area contributed by atoms with Crippen LogP contribution >= 0.6 is 39.1 Å². The summed E-state index contributed by atoms with van der Waals surface area (Å²) in [4.78, 5) is 21.6. The minimum atomic E-state index is -0.814. The van der Waals surface area contributed by atoms with E-state index in [9.17, 15) is 9.59 Å². The van der Waals surface area contributed by atoms with E-state index < -0.39 is 10.4 Å². The molecule has 0 aromatic heterocycles. The second-order valence-corrected chi connectivity index (χ2v) is 5.85. The molecule has 3 N–H and O–H groups in total. The quantitative estimate of drug-likeness (QED) is 0.560. The number of hydrogen-bond donors (Lipinski definition) is 2. The minimum Gasteiger partial charge on any atom is -0.351 e. The van der Waals surface area contributed by atoms with Crippen molar-refractivity contribution in [3.8, 4) is 0 Å². The summed E-state index contributed by atoms with van der Waals surface area (Å²) in [7, 11) is 0. The van der Waals surface area contributed by atoms with Gasteiger partial charge in [0, 0.05) is 11.8 Å². The van der Waals surface area contributed by atoms with Crippen molar-refractivity contribution >= 4 is 51.1 Å². The number of unbranched alkanes of at least 4 members (excludes halogenated alkanes) is 1. The summed E-state index contributed by atoms with van der Waals surface area (Å²) in [5.41, 5.74) is 4.81. The van der Waals surface area contributed by atoms with Gasteiger partial charge in [-0.2, -0.15) is 0 Å². The van der Waals surface area contributed by atoms with Crippen molar-refractivity contribution in [1.82, 2.24) is 5.32 Å². The summed E-state index contributed by atoms with van der Waals surface area (Å²) in [5.74, 6) is 1.11. The van der Waals surface area contributed by atoms with Gasteiger partial charge >= 0.3 is 6.03 Å². The molecule has 0 aromatic carbocycles. The molecule has 0 unspecified atom stereocenters. The van der Waals surface area contributed by atoms with Crippen LogP contribution in [0.3, 0.4) is 0 Å². The number of urea groups is 1. The van der Waals surface area contributed by atoms with E-state index in [0.29, 0.717) is 12.8 Å². The molecule has 0 saturated heterocycles. The normalized spacial score (nSPS) is 10.3. The van der Waals surface area contributed by atoms with Crippen molar-refractivity contribution < 1.29 is 9.59 Å². The molecule has 0 atom stereocenters. The summed E-state index contributed by atoms with van der Waals surface area (Å²) in [5, 5.41) is 2.04. The summed E-state index contributed by atoms with van der Waals surface area (Å²) >= 11 is 13.9. The average molecular weight is 364 g/mol. The predicted octanol–water partition coefficient (Wildman–Crippen LogP) is 3.38. The van der Waals surface area contributed by atoms with E-state index in [1.165, 1.54) is 0 Å². The van der Waals surface area contributed by atoms with E-state index in [-0.39, 0.29) is 5.91 Å². The number of imide groups is 1. The highest BCUT2D eigenvalue weighted by molar-refractivity contribution is 9.10. The Morgan fingerprint density at radius 2 is 1.56 bits per heavy atom. The van der Waals surface area contributed by atoms with Gasteiger partial charge in [0.2, 0.25) is 5.91 Å². The van der Waals surface area contributed by atoms with Crippen LogP contribution in [0.15, 0.2) is 0 Å². The Kier molecular flexibility index (Phi) is 13.6. The molecule has 0 fully saturated rings. The first kappa shape index (κ1) is 20.3. The highest BCUT2D eigenvalue weighted by Gasteiger charge is 2.32. The third-order valence-electron chi connectivity index (χ3n) is 2.28. The van der Waals surface area contributed by atoms with E-state index in [1.54, 1.807) is 0 Å². The molecule has 0 bridgehead atoms. The van der Waals surface area contributed by atoms with Gasteiger partial charge in [-0.05, 0) is 25.7 Å². The third kappa shape index (κ3) is 9.97.